The molecule has 0 aromatic carbocycles. The van der Waals surface area contributed by atoms with E-state index in [-0.39, 0.29) is 45.7 Å². The SMILES string of the molecule is COC[C@H]1O[C@@H](O[C@H]2CC[C@]3(C)[C@H]4CC=C5[C@@H]6CC(C)(C)CC[C@@]6(C(=O)O[C@@H]6O[C@H](CO)[C@@H](O)[C@H](O)[C@H]6O)CC[C@]5(C)[C@@]4(C)CC[C@H]3C2(C)C)[C@H](O)[C@@H](O)[C@@H]1O. The molecule has 0 unspecified atom stereocenters. The van der Waals surface area contributed by atoms with Gasteiger partial charge in [-0.05, 0) is 109 Å². The van der Waals surface area contributed by atoms with Crippen LogP contribution in [0.1, 0.15) is 113 Å². The largest absolute Gasteiger partial charge is 0.432 e. The molecule has 4 saturated carbocycles. The van der Waals surface area contributed by atoms with Crippen molar-refractivity contribution < 1.29 is 64.2 Å². The number of carbonyl (C=O) groups is 1. The normalized spacial score (nSPS) is 52.4. The first kappa shape index (κ1) is 42.9. The Kier molecular flexibility index (Phi) is 11.3. The zero-order valence-corrected chi connectivity index (χ0v) is 34.7. The molecule has 0 aromatic rings. The van der Waals surface area contributed by atoms with E-state index in [0.29, 0.717) is 24.7 Å². The highest BCUT2D eigenvalue weighted by Gasteiger charge is 2.70. The molecule has 2 saturated heterocycles. The quantitative estimate of drug-likeness (QED) is 0.113. The van der Waals surface area contributed by atoms with Crippen molar-refractivity contribution in [3.05, 3.63) is 11.6 Å². The van der Waals surface area contributed by atoms with Gasteiger partial charge >= 0.3 is 5.97 Å². The van der Waals surface area contributed by atoms with Crippen LogP contribution in [0.4, 0.5) is 0 Å². The average molecular weight is 795 g/mol. The molecule has 56 heavy (non-hydrogen) atoms. The molecule has 0 aromatic heterocycles. The maximum atomic E-state index is 14.6. The van der Waals surface area contributed by atoms with E-state index in [1.54, 1.807) is 0 Å². The topological polar surface area (TPSA) is 205 Å². The molecule has 0 radical (unpaired) electrons. The number of allylic oxidation sites excluding steroid dienone is 2. The summed E-state index contributed by atoms with van der Waals surface area (Å²) in [6, 6.07) is 0. The lowest BCUT2D eigenvalue weighted by atomic mass is 9.33. The molecule has 13 heteroatoms. The Bertz CT molecular complexity index is 1500. The van der Waals surface area contributed by atoms with Crippen LogP contribution in [-0.4, -0.2) is 130 Å². The van der Waals surface area contributed by atoms with E-state index in [2.05, 4.69) is 54.5 Å². The van der Waals surface area contributed by atoms with E-state index < -0.39 is 79.4 Å². The molecule has 0 bridgehead atoms. The number of methoxy groups -OCH3 is 1. The van der Waals surface area contributed by atoms with Crippen molar-refractivity contribution in [3.63, 3.8) is 0 Å². The monoisotopic (exact) mass is 794 g/mol. The molecule has 13 nitrogen and oxygen atoms in total. The van der Waals surface area contributed by atoms with E-state index in [9.17, 15) is 40.5 Å². The van der Waals surface area contributed by atoms with Crippen molar-refractivity contribution in [2.24, 2.45) is 50.2 Å². The number of rotatable bonds is 7. The highest BCUT2D eigenvalue weighted by molar-refractivity contribution is 5.79. The minimum absolute atomic E-state index is 0.00614. The molecule has 7 aliphatic rings. The third kappa shape index (κ3) is 6.39. The first-order valence-corrected chi connectivity index (χ1v) is 21.2. The van der Waals surface area contributed by atoms with Crippen LogP contribution in [0.25, 0.3) is 0 Å². The molecule has 2 aliphatic heterocycles. The number of ether oxygens (including phenoxy) is 5. The number of carbonyl (C=O) groups excluding carboxylic acids is 1. The zero-order valence-electron chi connectivity index (χ0n) is 34.7. The summed E-state index contributed by atoms with van der Waals surface area (Å²) >= 11 is 0. The summed E-state index contributed by atoms with van der Waals surface area (Å²) in [6.45, 7) is 15.9. The minimum atomic E-state index is -1.65. The Morgan fingerprint density at radius 3 is 2.04 bits per heavy atom. The first-order chi connectivity index (χ1) is 26.1. The molecule has 7 N–H and O–H groups in total. The van der Waals surface area contributed by atoms with Crippen molar-refractivity contribution in [1.29, 1.82) is 0 Å². The molecule has 0 spiro atoms. The van der Waals surface area contributed by atoms with Crippen molar-refractivity contribution in [3.8, 4) is 0 Å². The maximum absolute atomic E-state index is 14.6. The van der Waals surface area contributed by atoms with Gasteiger partial charge < -0.3 is 59.4 Å². The Morgan fingerprint density at radius 2 is 1.38 bits per heavy atom. The molecule has 18 atom stereocenters. The molecule has 2 heterocycles. The van der Waals surface area contributed by atoms with Gasteiger partial charge in [0, 0.05) is 7.11 Å². The summed E-state index contributed by atoms with van der Waals surface area (Å²) in [4.78, 5) is 14.6. The second-order valence-corrected chi connectivity index (χ2v) is 20.9. The fourth-order valence-corrected chi connectivity index (χ4v) is 13.7. The fraction of sp³-hybridized carbons (Fsp3) is 0.930. The van der Waals surface area contributed by atoms with Gasteiger partial charge in [0.15, 0.2) is 6.29 Å². The van der Waals surface area contributed by atoms with Gasteiger partial charge in [-0.3, -0.25) is 4.79 Å². The maximum Gasteiger partial charge on any atom is 0.315 e. The number of hydrogen-bond acceptors (Lipinski definition) is 13. The van der Waals surface area contributed by atoms with E-state index >= 15 is 0 Å². The minimum Gasteiger partial charge on any atom is -0.432 e. The van der Waals surface area contributed by atoms with Crippen LogP contribution in [0.3, 0.4) is 0 Å². The van der Waals surface area contributed by atoms with Crippen molar-refractivity contribution >= 4 is 5.97 Å². The lowest BCUT2D eigenvalue weighted by molar-refractivity contribution is -0.330. The van der Waals surface area contributed by atoms with Gasteiger partial charge in [-0.2, -0.15) is 0 Å². The van der Waals surface area contributed by atoms with E-state index in [4.69, 9.17) is 23.7 Å². The van der Waals surface area contributed by atoms with Gasteiger partial charge in [0.25, 0.3) is 0 Å². The van der Waals surface area contributed by atoms with Crippen molar-refractivity contribution in [1.82, 2.24) is 0 Å². The third-order valence-corrected chi connectivity index (χ3v) is 17.4. The van der Waals surface area contributed by atoms with Crippen LogP contribution in [-0.2, 0) is 28.5 Å². The number of aliphatic hydroxyl groups is 7. The van der Waals surface area contributed by atoms with Gasteiger partial charge in [0.05, 0.1) is 24.7 Å². The highest BCUT2D eigenvalue weighted by atomic mass is 16.7. The predicted octanol–water partition coefficient (Wildman–Crippen LogP) is 2.97. The molecule has 7 rings (SSSR count). The zero-order chi connectivity index (χ0) is 41.0. The van der Waals surface area contributed by atoms with Gasteiger partial charge in [0.1, 0.15) is 48.8 Å². The predicted molar refractivity (Wildman–Crippen MR) is 202 cm³/mol. The number of fused-ring (bicyclic) bond motifs is 7. The summed E-state index contributed by atoms with van der Waals surface area (Å²) in [5.41, 5.74) is -0.0496. The fourth-order valence-electron chi connectivity index (χ4n) is 13.7. The van der Waals surface area contributed by atoms with E-state index in [1.165, 1.54) is 12.7 Å². The Hall–Kier alpha value is -1.23. The smallest absolute Gasteiger partial charge is 0.315 e. The van der Waals surface area contributed by atoms with Crippen LogP contribution in [0.15, 0.2) is 11.6 Å². The summed E-state index contributed by atoms with van der Waals surface area (Å²) in [5.74, 6) is 0.147. The summed E-state index contributed by atoms with van der Waals surface area (Å²) < 4.78 is 29.5. The molecule has 6 fully saturated rings. The second-order valence-electron chi connectivity index (χ2n) is 20.9. The first-order valence-electron chi connectivity index (χ1n) is 21.2. The number of esters is 1. The standard InChI is InChI=1S/C43H70O13/c1-38(2)15-17-43(37(51)56-36-34(50)31(47)29(45)24(20-44)53-36)18-16-41(6)22(23(43)19-38)9-10-27-40(5)13-12-28(39(3,4)26(40)11-14-42(27,41)7)55-35-33(49)32(48)30(46)25(54-35)21-52-8/h9,23-36,44-50H,10-21H2,1-8H3/t23-,24+,25+,26-,27+,28-,29+,30+,31-,32-,33+,34+,35-,36-,40-,41-,42-,43+/m0/s1. The molecule has 0 amide bonds. The van der Waals surface area contributed by atoms with Crippen molar-refractivity contribution in [2.75, 3.05) is 20.3 Å². The summed E-state index contributed by atoms with van der Waals surface area (Å²) in [6.07, 6.45) is -3.01. The average Bonchev–Trinajstić information content (AvgIpc) is 3.13. The third-order valence-electron chi connectivity index (χ3n) is 17.4. The summed E-state index contributed by atoms with van der Waals surface area (Å²) in [7, 11) is 1.50. The number of aliphatic hydroxyl groups excluding tert-OH is 7. The van der Waals surface area contributed by atoms with Crippen LogP contribution < -0.4 is 0 Å². The van der Waals surface area contributed by atoms with E-state index in [1.807, 2.05) is 0 Å². The molecule has 320 valence electrons. The van der Waals surface area contributed by atoms with Crippen LogP contribution >= 0.6 is 0 Å². The molecule has 5 aliphatic carbocycles. The Morgan fingerprint density at radius 1 is 0.750 bits per heavy atom. The number of hydrogen-bond donors (Lipinski definition) is 7. The van der Waals surface area contributed by atoms with Gasteiger partial charge in [-0.15, -0.1) is 0 Å². The van der Waals surface area contributed by atoms with Gasteiger partial charge in [-0.25, -0.2) is 0 Å². The summed E-state index contributed by atoms with van der Waals surface area (Å²) in [5, 5.41) is 73.5. The second kappa shape index (κ2) is 14.7. The van der Waals surface area contributed by atoms with Gasteiger partial charge in [-0.1, -0.05) is 60.1 Å². The van der Waals surface area contributed by atoms with E-state index in [0.717, 1.165) is 51.4 Å². The van der Waals surface area contributed by atoms with Crippen LogP contribution in [0, 0.1) is 50.2 Å². The lowest BCUT2D eigenvalue weighted by Gasteiger charge is -2.71. The Labute approximate surface area is 332 Å². The van der Waals surface area contributed by atoms with Crippen LogP contribution in [0.5, 0.6) is 0 Å². The molecular formula is C43H70O13. The van der Waals surface area contributed by atoms with Crippen molar-refractivity contribution in [2.45, 2.75) is 180 Å². The molecular weight excluding hydrogens is 724 g/mol. The van der Waals surface area contributed by atoms with Gasteiger partial charge in [0.2, 0.25) is 6.29 Å². The van der Waals surface area contributed by atoms with Crippen LogP contribution in [0.2, 0.25) is 0 Å². The Balaban J connectivity index is 1.15. The lowest BCUT2D eigenvalue weighted by Crippen LogP contribution is -2.66. The highest BCUT2D eigenvalue weighted by Crippen LogP contribution is 2.76.